The molecule has 0 spiro atoms. The summed E-state index contributed by atoms with van der Waals surface area (Å²) in [6.45, 7) is 15.7. The molecule has 1 unspecified atom stereocenters. The van der Waals surface area contributed by atoms with E-state index in [1.54, 1.807) is 0 Å². The molecule has 4 heteroatoms. The Morgan fingerprint density at radius 3 is 1.72 bits per heavy atom. The Morgan fingerprint density at radius 2 is 1.16 bits per heavy atom. The molecule has 1 saturated heterocycles. The van der Waals surface area contributed by atoms with Gasteiger partial charge < -0.3 is 9.64 Å². The monoisotopic (exact) mass is 934 g/mol. The Bertz CT molecular complexity index is 2680. The lowest BCUT2D eigenvalue weighted by molar-refractivity contribution is 0.388. The van der Waals surface area contributed by atoms with Gasteiger partial charge in [-0.15, -0.1) is 17.7 Å². The minimum absolute atomic E-state index is 0.261. The average Bonchev–Trinajstić information content (AvgIpc) is 4.23. The van der Waals surface area contributed by atoms with E-state index >= 15 is 4.39 Å². The van der Waals surface area contributed by atoms with Crippen molar-refractivity contribution >= 4 is 40.0 Å². The van der Waals surface area contributed by atoms with E-state index in [4.69, 9.17) is 4.74 Å². The molecular weight excluding hydrogens is 862 g/mol. The van der Waals surface area contributed by atoms with Gasteiger partial charge in [0, 0.05) is 45.6 Å². The first-order valence-corrected chi connectivity index (χ1v) is 26.0. The molecule has 0 aromatic heterocycles. The molecule has 1 fully saturated rings. The SMILES string of the molecule is C=Cc1c(-c2ccc(C#CC)cc2)ccc2cc(C#Cc3ccc(-c4ccc(SCCCCCC)cc4)c(F)c3)ccc12.CCC.CCCCCCC1CO1.CN(c1ccccc1)c1ccccc1. The number of unbranched alkanes of at least 4 members (excludes halogenated alkanes) is 6. The van der Waals surface area contributed by atoms with Crippen molar-refractivity contribution in [3.63, 3.8) is 0 Å². The average molecular weight is 934 g/mol. The Hall–Kier alpha value is -6.30. The number of rotatable bonds is 16. The Morgan fingerprint density at radius 1 is 0.623 bits per heavy atom. The maximum absolute atomic E-state index is 15.1. The molecule has 0 aliphatic carbocycles. The normalized spacial score (nSPS) is 12.0. The van der Waals surface area contributed by atoms with E-state index in [1.165, 1.54) is 86.5 Å². The lowest BCUT2D eigenvalue weighted by Crippen LogP contribution is -2.08. The summed E-state index contributed by atoms with van der Waals surface area (Å²) < 4.78 is 20.2. The van der Waals surface area contributed by atoms with Gasteiger partial charge in [0.25, 0.3) is 0 Å². The maximum atomic E-state index is 15.1. The predicted molar refractivity (Wildman–Crippen MR) is 300 cm³/mol. The summed E-state index contributed by atoms with van der Waals surface area (Å²) in [5.41, 5.74) is 9.76. The number of nitrogens with zero attached hydrogens (tertiary/aromatic N) is 1. The van der Waals surface area contributed by atoms with Crippen LogP contribution in [0, 0.1) is 29.5 Å². The summed E-state index contributed by atoms with van der Waals surface area (Å²) in [6, 6.07) is 52.8. The molecular formula is C65H72FNOS. The fourth-order valence-electron chi connectivity index (χ4n) is 7.69. The maximum Gasteiger partial charge on any atom is 0.132 e. The van der Waals surface area contributed by atoms with Gasteiger partial charge in [0.15, 0.2) is 0 Å². The second-order valence-electron chi connectivity index (χ2n) is 17.2. The van der Waals surface area contributed by atoms with Crippen LogP contribution in [0.25, 0.3) is 39.1 Å². The molecule has 1 aliphatic rings. The van der Waals surface area contributed by atoms with E-state index in [9.17, 15) is 0 Å². The lowest BCUT2D eigenvalue weighted by atomic mass is 9.93. The third-order valence-corrected chi connectivity index (χ3v) is 12.7. The third kappa shape index (κ3) is 17.9. The van der Waals surface area contributed by atoms with E-state index in [-0.39, 0.29) is 5.82 Å². The number of anilines is 2. The number of para-hydroxylation sites is 2. The van der Waals surface area contributed by atoms with Gasteiger partial charge >= 0.3 is 0 Å². The molecule has 0 saturated carbocycles. The molecule has 0 amide bonds. The molecule has 1 heterocycles. The van der Waals surface area contributed by atoms with Crippen LogP contribution in [0.3, 0.4) is 0 Å². The van der Waals surface area contributed by atoms with Crippen LogP contribution < -0.4 is 4.90 Å². The molecule has 1 atom stereocenters. The fraction of sp³-hybridized carbons (Fsp3) is 0.292. The van der Waals surface area contributed by atoms with Gasteiger partial charge in [0.05, 0.1) is 12.7 Å². The minimum Gasteiger partial charge on any atom is -0.373 e. The molecule has 8 rings (SSSR count). The van der Waals surface area contributed by atoms with Gasteiger partial charge in [-0.3, -0.25) is 0 Å². The van der Waals surface area contributed by atoms with E-state index in [2.05, 4.69) is 167 Å². The highest BCUT2D eigenvalue weighted by molar-refractivity contribution is 7.99. The number of ether oxygens (including phenoxy) is 1. The number of fused-ring (bicyclic) bond motifs is 1. The molecule has 1 aliphatic heterocycles. The van der Waals surface area contributed by atoms with Crippen molar-refractivity contribution in [3.8, 4) is 45.9 Å². The van der Waals surface area contributed by atoms with Gasteiger partial charge in [-0.2, -0.15) is 0 Å². The van der Waals surface area contributed by atoms with E-state index in [1.807, 2.05) is 79.4 Å². The number of thioether (sulfide) groups is 1. The Labute approximate surface area is 419 Å². The van der Waals surface area contributed by atoms with Crippen molar-refractivity contribution in [1.29, 1.82) is 0 Å². The first-order valence-electron chi connectivity index (χ1n) is 25.0. The highest BCUT2D eigenvalue weighted by atomic mass is 32.2. The van der Waals surface area contributed by atoms with Gasteiger partial charge in [-0.05, 0) is 131 Å². The lowest BCUT2D eigenvalue weighted by Gasteiger charge is -2.18. The Kier molecular flexibility index (Phi) is 23.5. The molecule has 2 nitrogen and oxygen atoms in total. The van der Waals surface area contributed by atoms with E-state index in [0.29, 0.717) is 17.2 Å². The van der Waals surface area contributed by atoms with Crippen LogP contribution in [-0.2, 0) is 4.74 Å². The van der Waals surface area contributed by atoms with Crippen molar-refractivity contribution in [3.05, 3.63) is 192 Å². The van der Waals surface area contributed by atoms with E-state index < -0.39 is 0 Å². The number of hydrogen-bond acceptors (Lipinski definition) is 3. The van der Waals surface area contributed by atoms with Gasteiger partial charge in [0.1, 0.15) is 5.82 Å². The van der Waals surface area contributed by atoms with Crippen LogP contribution in [0.5, 0.6) is 0 Å². The summed E-state index contributed by atoms with van der Waals surface area (Å²) in [4.78, 5) is 3.39. The second-order valence-corrected chi connectivity index (χ2v) is 18.4. The van der Waals surface area contributed by atoms with Crippen LogP contribution in [0.1, 0.15) is 121 Å². The quantitative estimate of drug-likeness (QED) is 0.0416. The summed E-state index contributed by atoms with van der Waals surface area (Å²) in [6.07, 6.45) is 15.7. The van der Waals surface area contributed by atoms with Gasteiger partial charge in [-0.25, -0.2) is 4.39 Å². The summed E-state index contributed by atoms with van der Waals surface area (Å²) in [7, 11) is 2.07. The van der Waals surface area contributed by atoms with Crippen molar-refractivity contribution in [2.75, 3.05) is 24.3 Å². The van der Waals surface area contributed by atoms with Crippen molar-refractivity contribution < 1.29 is 9.13 Å². The van der Waals surface area contributed by atoms with Crippen molar-refractivity contribution in [1.82, 2.24) is 0 Å². The van der Waals surface area contributed by atoms with Gasteiger partial charge in [-0.1, -0.05) is 194 Å². The minimum atomic E-state index is -0.261. The summed E-state index contributed by atoms with van der Waals surface area (Å²) in [5.74, 6) is 13.3. The zero-order chi connectivity index (χ0) is 49.1. The van der Waals surface area contributed by atoms with Crippen molar-refractivity contribution in [2.45, 2.75) is 110 Å². The smallest absolute Gasteiger partial charge is 0.132 e. The molecule has 7 aromatic rings. The Balaban J connectivity index is 0.000000275. The zero-order valence-corrected chi connectivity index (χ0v) is 42.8. The fourth-order valence-corrected chi connectivity index (χ4v) is 8.60. The zero-order valence-electron chi connectivity index (χ0n) is 42.0. The van der Waals surface area contributed by atoms with Crippen LogP contribution in [-0.4, -0.2) is 25.5 Å². The molecule has 356 valence electrons. The van der Waals surface area contributed by atoms with Crippen LogP contribution in [0.2, 0.25) is 0 Å². The molecule has 0 radical (unpaired) electrons. The summed E-state index contributed by atoms with van der Waals surface area (Å²) in [5, 5.41) is 2.20. The first kappa shape index (κ1) is 53.7. The summed E-state index contributed by atoms with van der Waals surface area (Å²) >= 11 is 1.87. The molecule has 0 bridgehead atoms. The highest BCUT2D eigenvalue weighted by Gasteiger charge is 2.20. The van der Waals surface area contributed by atoms with Crippen LogP contribution in [0.15, 0.2) is 169 Å². The number of halogens is 1. The number of epoxide rings is 1. The topological polar surface area (TPSA) is 15.8 Å². The first-order chi connectivity index (χ1) is 33.8. The standard InChI is InChI=1S/C41H35FS.C13H13N.C8H16O.C3H8/c1-4-7-8-9-27-43-36-22-19-34(20-23-36)40-25-16-32(29-41(40)42)12-11-31-15-24-39-35(28-31)21-26-38(37(39)6-3)33-17-13-30(10-5-2)14-18-33;1-14(12-8-4-2-5-9-12)13-10-6-3-7-11-13;1-2-3-4-5-6-8-7-9-8;1-3-2/h6,13-26,28-29H,3-4,7-9,27H2,1-2H3;2-11H,1H3;8H,2-7H2,1H3;3H2,1-2H3. The molecule has 0 N–H and O–H groups in total. The second kappa shape index (κ2) is 30.2. The highest BCUT2D eigenvalue weighted by Crippen LogP contribution is 2.33. The molecule has 69 heavy (non-hydrogen) atoms. The third-order valence-electron chi connectivity index (χ3n) is 11.6. The predicted octanol–water partition coefficient (Wildman–Crippen LogP) is 18.6. The molecule has 7 aromatic carbocycles. The van der Waals surface area contributed by atoms with Gasteiger partial charge in [0.2, 0.25) is 0 Å². The van der Waals surface area contributed by atoms with Crippen LogP contribution >= 0.6 is 11.8 Å². The van der Waals surface area contributed by atoms with E-state index in [0.717, 1.165) is 56.5 Å². The number of benzene rings is 7. The number of hydrogen-bond donors (Lipinski definition) is 0. The van der Waals surface area contributed by atoms with Crippen molar-refractivity contribution in [2.24, 2.45) is 0 Å². The largest absolute Gasteiger partial charge is 0.373 e. The van der Waals surface area contributed by atoms with Crippen LogP contribution in [0.4, 0.5) is 15.8 Å².